The molecule has 1 aromatic heterocycles. The summed E-state index contributed by atoms with van der Waals surface area (Å²) in [4.78, 5) is 13.7. The molecule has 0 fully saturated rings. The van der Waals surface area contributed by atoms with Crippen LogP contribution in [0.2, 0.25) is 0 Å². The second-order valence-corrected chi connectivity index (χ2v) is 9.59. The van der Waals surface area contributed by atoms with E-state index < -0.39 is 0 Å². The van der Waals surface area contributed by atoms with E-state index in [9.17, 15) is 4.79 Å². The summed E-state index contributed by atoms with van der Waals surface area (Å²) in [6.07, 6.45) is -0.278. The maximum atomic E-state index is 12.7. The van der Waals surface area contributed by atoms with E-state index in [4.69, 9.17) is 9.47 Å². The van der Waals surface area contributed by atoms with Crippen LogP contribution in [0.15, 0.2) is 82.6 Å². The number of carbonyl (C=O) groups is 1. The van der Waals surface area contributed by atoms with Crippen LogP contribution in [0.1, 0.15) is 26.9 Å². The van der Waals surface area contributed by atoms with Gasteiger partial charge in [-0.1, -0.05) is 30.3 Å². The number of nitrogens with one attached hydrogen (secondary N) is 1. The SMILES string of the molecule is COc1cccc2c1-c1ccc(NC(=O)c3ccccc3)cc1C(c1ccc(Br)s1)O2. The van der Waals surface area contributed by atoms with E-state index in [0.29, 0.717) is 5.56 Å². The number of ether oxygens (including phenoxy) is 2. The highest BCUT2D eigenvalue weighted by molar-refractivity contribution is 9.11. The van der Waals surface area contributed by atoms with Crippen LogP contribution in [0.3, 0.4) is 0 Å². The van der Waals surface area contributed by atoms with Gasteiger partial charge in [0.2, 0.25) is 0 Å². The number of halogens is 1. The van der Waals surface area contributed by atoms with Crippen LogP contribution >= 0.6 is 27.3 Å². The van der Waals surface area contributed by atoms with E-state index in [1.165, 1.54) is 0 Å². The summed E-state index contributed by atoms with van der Waals surface area (Å²) in [7, 11) is 1.66. The number of hydrogen-bond acceptors (Lipinski definition) is 4. The molecule has 0 bridgehead atoms. The van der Waals surface area contributed by atoms with Gasteiger partial charge in [0.15, 0.2) is 6.10 Å². The summed E-state index contributed by atoms with van der Waals surface area (Å²) in [5, 5.41) is 3.01. The Balaban J connectivity index is 1.60. The first-order valence-corrected chi connectivity index (χ1v) is 11.3. The second-order valence-electron chi connectivity index (χ2n) is 7.10. The summed E-state index contributed by atoms with van der Waals surface area (Å²) in [5.41, 5.74) is 4.27. The zero-order valence-electron chi connectivity index (χ0n) is 16.6. The fourth-order valence-electron chi connectivity index (χ4n) is 3.79. The highest BCUT2D eigenvalue weighted by Gasteiger charge is 2.31. The molecule has 4 nitrogen and oxygen atoms in total. The Labute approximate surface area is 192 Å². The molecule has 1 atom stereocenters. The molecule has 154 valence electrons. The minimum absolute atomic E-state index is 0.148. The Bertz CT molecular complexity index is 1270. The van der Waals surface area contributed by atoms with Crippen molar-refractivity contribution in [1.29, 1.82) is 0 Å². The smallest absolute Gasteiger partial charge is 0.255 e. The van der Waals surface area contributed by atoms with Crippen molar-refractivity contribution >= 4 is 38.9 Å². The zero-order chi connectivity index (χ0) is 21.4. The van der Waals surface area contributed by atoms with E-state index in [2.05, 4.69) is 27.3 Å². The maximum absolute atomic E-state index is 12.7. The van der Waals surface area contributed by atoms with Crippen LogP contribution in [-0.4, -0.2) is 13.0 Å². The monoisotopic (exact) mass is 491 g/mol. The predicted octanol–water partition coefficient (Wildman–Crippen LogP) is 6.92. The second kappa shape index (κ2) is 8.21. The van der Waals surface area contributed by atoms with Gasteiger partial charge < -0.3 is 14.8 Å². The Morgan fingerprint density at radius 1 is 1.03 bits per heavy atom. The Kier molecular flexibility index (Phi) is 5.26. The van der Waals surface area contributed by atoms with E-state index in [1.54, 1.807) is 30.6 Å². The van der Waals surface area contributed by atoms with Crippen molar-refractivity contribution in [2.45, 2.75) is 6.10 Å². The molecule has 0 saturated heterocycles. The summed E-state index contributed by atoms with van der Waals surface area (Å²) >= 11 is 5.18. The minimum atomic E-state index is -0.278. The van der Waals surface area contributed by atoms with Gasteiger partial charge >= 0.3 is 0 Å². The molecule has 5 rings (SSSR count). The summed E-state index contributed by atoms with van der Waals surface area (Å²) in [6, 6.07) is 25.0. The highest BCUT2D eigenvalue weighted by Crippen LogP contribution is 2.50. The highest BCUT2D eigenvalue weighted by atomic mass is 79.9. The van der Waals surface area contributed by atoms with E-state index in [0.717, 1.165) is 42.5 Å². The molecule has 31 heavy (non-hydrogen) atoms. The largest absolute Gasteiger partial charge is 0.496 e. The third kappa shape index (κ3) is 3.73. The Morgan fingerprint density at radius 3 is 2.61 bits per heavy atom. The zero-order valence-corrected chi connectivity index (χ0v) is 19.0. The topological polar surface area (TPSA) is 47.6 Å². The number of fused-ring (bicyclic) bond motifs is 3. The van der Waals surface area contributed by atoms with Crippen molar-refractivity contribution in [2.75, 3.05) is 12.4 Å². The lowest BCUT2D eigenvalue weighted by molar-refractivity contribution is 0.102. The van der Waals surface area contributed by atoms with Crippen LogP contribution in [0, 0.1) is 0 Å². The lowest BCUT2D eigenvalue weighted by atomic mass is 9.91. The predicted molar refractivity (Wildman–Crippen MR) is 127 cm³/mol. The van der Waals surface area contributed by atoms with Crippen LogP contribution in [-0.2, 0) is 0 Å². The molecule has 1 unspecified atom stereocenters. The van der Waals surface area contributed by atoms with Gasteiger partial charge in [0.05, 0.1) is 21.3 Å². The van der Waals surface area contributed by atoms with Gasteiger partial charge in [-0.2, -0.15) is 0 Å². The third-order valence-corrected chi connectivity index (χ3v) is 6.87. The molecule has 2 heterocycles. The average Bonchev–Trinajstić information content (AvgIpc) is 3.24. The van der Waals surface area contributed by atoms with Gasteiger partial charge in [-0.25, -0.2) is 0 Å². The van der Waals surface area contributed by atoms with Gasteiger partial charge in [0.25, 0.3) is 5.91 Å². The van der Waals surface area contributed by atoms with Gasteiger partial charge in [-0.05, 0) is 70.0 Å². The molecule has 1 amide bonds. The number of amides is 1. The Morgan fingerprint density at radius 2 is 1.87 bits per heavy atom. The molecule has 0 aliphatic carbocycles. The Hall–Kier alpha value is -3.09. The molecule has 1 aliphatic rings. The molecule has 6 heteroatoms. The van der Waals surface area contributed by atoms with Gasteiger partial charge in [0, 0.05) is 16.8 Å². The fraction of sp³-hybridized carbons (Fsp3) is 0.0800. The number of benzene rings is 3. The van der Waals surface area contributed by atoms with E-state index in [1.807, 2.05) is 60.7 Å². The third-order valence-electron chi connectivity index (χ3n) is 5.20. The first-order chi connectivity index (χ1) is 15.1. The molecule has 0 saturated carbocycles. The van der Waals surface area contributed by atoms with Crippen molar-refractivity contribution < 1.29 is 14.3 Å². The molecule has 1 N–H and O–H groups in total. The quantitative estimate of drug-likeness (QED) is 0.337. The van der Waals surface area contributed by atoms with E-state index in [-0.39, 0.29) is 12.0 Å². The molecule has 0 spiro atoms. The number of hydrogen-bond donors (Lipinski definition) is 1. The standard InChI is InChI=1S/C25H18BrNO3S/c1-29-19-8-5-9-20-23(19)17-11-10-16(27-25(28)15-6-3-2-4-7-15)14-18(17)24(30-20)21-12-13-22(26)31-21/h2-14,24H,1H3,(H,27,28). The first kappa shape index (κ1) is 19.8. The number of methoxy groups -OCH3 is 1. The van der Waals surface area contributed by atoms with Crippen LogP contribution < -0.4 is 14.8 Å². The van der Waals surface area contributed by atoms with E-state index >= 15 is 0 Å². The molecule has 4 aromatic rings. The summed E-state index contributed by atoms with van der Waals surface area (Å²) in [6.45, 7) is 0. The lowest BCUT2D eigenvalue weighted by Crippen LogP contribution is -2.17. The molecule has 1 aliphatic heterocycles. The van der Waals surface area contributed by atoms with Crippen molar-refractivity contribution in [3.63, 3.8) is 0 Å². The number of carbonyl (C=O) groups excluding carboxylic acids is 1. The van der Waals surface area contributed by atoms with Gasteiger partial charge in [-0.3, -0.25) is 4.79 Å². The minimum Gasteiger partial charge on any atom is -0.496 e. The van der Waals surface area contributed by atoms with Crippen molar-refractivity contribution in [3.05, 3.63) is 98.7 Å². The fourth-order valence-corrected chi connectivity index (χ4v) is 5.27. The van der Waals surface area contributed by atoms with Gasteiger partial charge in [0.1, 0.15) is 11.5 Å². The normalized spacial score (nSPS) is 14.2. The molecular weight excluding hydrogens is 474 g/mol. The first-order valence-electron chi connectivity index (χ1n) is 9.73. The summed E-state index contributed by atoms with van der Waals surface area (Å²) < 4.78 is 13.1. The molecule has 3 aromatic carbocycles. The van der Waals surface area contributed by atoms with Crippen LogP contribution in [0.5, 0.6) is 11.5 Å². The van der Waals surface area contributed by atoms with Gasteiger partial charge in [-0.15, -0.1) is 11.3 Å². The molecular formula is C25H18BrNO3S. The van der Waals surface area contributed by atoms with Crippen molar-refractivity contribution in [3.8, 4) is 22.6 Å². The van der Waals surface area contributed by atoms with Crippen LogP contribution in [0.25, 0.3) is 11.1 Å². The number of rotatable bonds is 4. The van der Waals surface area contributed by atoms with Crippen LogP contribution in [0.4, 0.5) is 5.69 Å². The maximum Gasteiger partial charge on any atom is 0.255 e. The average molecular weight is 492 g/mol. The van der Waals surface area contributed by atoms with Crippen molar-refractivity contribution in [1.82, 2.24) is 0 Å². The van der Waals surface area contributed by atoms with Crippen molar-refractivity contribution in [2.24, 2.45) is 0 Å². The lowest BCUT2D eigenvalue weighted by Gasteiger charge is -2.29. The molecule has 0 radical (unpaired) electrons. The number of anilines is 1. The number of thiophene rings is 1. The summed E-state index contributed by atoms with van der Waals surface area (Å²) in [5.74, 6) is 1.39.